The van der Waals surface area contributed by atoms with Crippen molar-refractivity contribution in [1.82, 2.24) is 20.3 Å². The molecule has 0 aliphatic carbocycles. The van der Waals surface area contributed by atoms with Gasteiger partial charge in [-0.15, -0.1) is 0 Å². The van der Waals surface area contributed by atoms with E-state index in [1.165, 1.54) is 14.0 Å². The summed E-state index contributed by atoms with van der Waals surface area (Å²) >= 11 is 0. The van der Waals surface area contributed by atoms with Crippen molar-refractivity contribution in [2.24, 2.45) is 0 Å². The Morgan fingerprint density at radius 2 is 1.90 bits per heavy atom. The molecule has 220 valence electrons. The van der Waals surface area contributed by atoms with Crippen molar-refractivity contribution < 1.29 is 34.3 Å². The lowest BCUT2D eigenvalue weighted by molar-refractivity contribution is 0.0830. The molecule has 2 aromatic carbocycles. The molecular formula is C30H33N5O7. The fourth-order valence-electron chi connectivity index (χ4n) is 5.20. The summed E-state index contributed by atoms with van der Waals surface area (Å²) in [4.78, 5) is 25.8. The van der Waals surface area contributed by atoms with Gasteiger partial charge >= 0.3 is 0 Å². The van der Waals surface area contributed by atoms with Crippen LogP contribution in [0.1, 0.15) is 42.0 Å². The zero-order valence-electron chi connectivity index (χ0n) is 23.8. The van der Waals surface area contributed by atoms with Crippen molar-refractivity contribution in [3.05, 3.63) is 47.0 Å². The van der Waals surface area contributed by atoms with Gasteiger partial charge in [-0.3, -0.25) is 4.79 Å². The molecule has 42 heavy (non-hydrogen) atoms. The second-order valence-electron chi connectivity index (χ2n) is 10.0. The van der Waals surface area contributed by atoms with Crippen molar-refractivity contribution in [3.63, 3.8) is 0 Å². The summed E-state index contributed by atoms with van der Waals surface area (Å²) in [7, 11) is 1.53. The molecule has 1 aliphatic heterocycles. The van der Waals surface area contributed by atoms with Crippen LogP contribution >= 0.6 is 0 Å². The fraction of sp³-hybridized carbons (Fsp3) is 0.333. The summed E-state index contributed by atoms with van der Waals surface area (Å²) < 4.78 is 17.7. The highest BCUT2D eigenvalue weighted by molar-refractivity contribution is 6.23. The normalized spacial score (nSPS) is 14.0. The van der Waals surface area contributed by atoms with E-state index in [0.29, 0.717) is 56.3 Å². The van der Waals surface area contributed by atoms with Crippen LogP contribution in [0.4, 0.5) is 0 Å². The van der Waals surface area contributed by atoms with Gasteiger partial charge in [-0.05, 0) is 51.5 Å². The van der Waals surface area contributed by atoms with Crippen LogP contribution in [0.15, 0.2) is 30.0 Å². The molecule has 0 radical (unpaired) electrons. The quantitative estimate of drug-likeness (QED) is 0.128. The maximum absolute atomic E-state index is 13.0. The van der Waals surface area contributed by atoms with E-state index in [2.05, 4.69) is 15.3 Å². The number of hydrogen-bond acceptors (Lipinski definition) is 10. The van der Waals surface area contributed by atoms with Crippen LogP contribution in [-0.4, -0.2) is 81.5 Å². The second-order valence-corrected chi connectivity index (χ2v) is 10.0. The van der Waals surface area contributed by atoms with Gasteiger partial charge < -0.3 is 45.2 Å². The number of fused-ring (bicyclic) bond motifs is 4. The molecule has 1 atom stereocenters. The topological polar surface area (TPSA) is 183 Å². The lowest BCUT2D eigenvalue weighted by Crippen LogP contribution is -2.29. The number of carbonyl (C=O) groups is 1. The monoisotopic (exact) mass is 575 g/mol. The zero-order chi connectivity index (χ0) is 30.1. The number of aliphatic hydroxyl groups excluding tert-OH is 3. The van der Waals surface area contributed by atoms with Gasteiger partial charge in [-0.2, -0.15) is 0 Å². The zero-order valence-corrected chi connectivity index (χ0v) is 23.8. The lowest BCUT2D eigenvalue weighted by atomic mass is 9.97. The maximum atomic E-state index is 13.0. The van der Waals surface area contributed by atoms with Crippen LogP contribution in [-0.2, 0) is 0 Å². The van der Waals surface area contributed by atoms with Gasteiger partial charge in [0.05, 0.1) is 42.2 Å². The second kappa shape index (κ2) is 11.7. The Kier molecular flexibility index (Phi) is 8.01. The van der Waals surface area contributed by atoms with E-state index in [1.807, 2.05) is 12.1 Å². The first kappa shape index (κ1) is 28.8. The number of nitrogens with zero attached hydrogens (tertiary/aromatic N) is 2. The number of benzene rings is 2. The highest BCUT2D eigenvalue weighted by atomic mass is 16.6. The third-order valence-electron chi connectivity index (χ3n) is 7.05. The number of allylic oxidation sites excluding steroid dienone is 2. The van der Waals surface area contributed by atoms with Crippen LogP contribution in [0.3, 0.4) is 0 Å². The molecule has 12 heteroatoms. The molecule has 5 rings (SSSR count). The van der Waals surface area contributed by atoms with Gasteiger partial charge in [0.1, 0.15) is 30.4 Å². The first-order chi connectivity index (χ1) is 20.1. The third-order valence-corrected chi connectivity index (χ3v) is 7.05. The number of H-pyrrole nitrogens is 1. The predicted molar refractivity (Wildman–Crippen MR) is 158 cm³/mol. The van der Waals surface area contributed by atoms with E-state index in [1.54, 1.807) is 26.0 Å². The number of methoxy groups -OCH3 is 1. The average Bonchev–Trinajstić information content (AvgIpc) is 3.31. The highest BCUT2D eigenvalue weighted by Gasteiger charge is 2.28. The molecular weight excluding hydrogens is 542 g/mol. The van der Waals surface area contributed by atoms with Gasteiger partial charge in [0.15, 0.2) is 11.5 Å². The number of aromatic nitrogens is 3. The summed E-state index contributed by atoms with van der Waals surface area (Å²) in [6, 6.07) is 7.04. The van der Waals surface area contributed by atoms with Crippen molar-refractivity contribution in [2.75, 3.05) is 33.5 Å². The summed E-state index contributed by atoms with van der Waals surface area (Å²) in [6.07, 6.45) is -0.710. The van der Waals surface area contributed by atoms with E-state index in [-0.39, 0.29) is 55.6 Å². The molecule has 2 aromatic heterocycles. The number of aryl methyl sites for hydroxylation is 1. The van der Waals surface area contributed by atoms with Gasteiger partial charge in [0.2, 0.25) is 0 Å². The van der Waals surface area contributed by atoms with Crippen molar-refractivity contribution in [3.8, 4) is 28.5 Å². The van der Waals surface area contributed by atoms with Crippen molar-refractivity contribution >= 4 is 39.1 Å². The summed E-state index contributed by atoms with van der Waals surface area (Å²) in [6.45, 7) is 5.25. The van der Waals surface area contributed by atoms with Crippen LogP contribution in [0.5, 0.6) is 17.2 Å². The minimum atomic E-state index is -0.917. The molecule has 4 aromatic rings. The van der Waals surface area contributed by atoms with E-state index >= 15 is 0 Å². The van der Waals surface area contributed by atoms with Crippen LogP contribution in [0.25, 0.3) is 38.8 Å². The molecule has 0 bridgehead atoms. The summed E-state index contributed by atoms with van der Waals surface area (Å²) in [5.74, 6) is 1.24. The van der Waals surface area contributed by atoms with E-state index in [0.717, 1.165) is 5.39 Å². The number of hydrogen-bond donors (Lipinski definition) is 6. The molecule has 0 saturated heterocycles. The van der Waals surface area contributed by atoms with E-state index < -0.39 is 12.0 Å². The molecule has 0 spiro atoms. The first-order valence-electron chi connectivity index (χ1n) is 13.5. The average molecular weight is 576 g/mol. The third kappa shape index (κ3) is 5.21. The highest BCUT2D eigenvalue weighted by Crippen LogP contribution is 2.45. The standard InChI is InChI=1S/C30H33N5O7/c1-14(31)24(15(2)37)21-11-22-20(12-23(21)40-4)25-26(33-16(3)34-29(25)35-22)18-5-6-19(28-27(18)41-9-10-42-28)30(39)32-8-7-17(38)13-36/h5-6,11-12,17,31,36-38H,7-10,13H2,1-4H3,(H,32,39)(H,33,34,35)/b24-15+,31-14?/t17-/m0/s1. The Labute approximate surface area is 241 Å². The number of aliphatic hydroxyl groups is 3. The number of ether oxygens (including phenoxy) is 3. The van der Waals surface area contributed by atoms with Crippen LogP contribution in [0, 0.1) is 12.3 Å². The minimum absolute atomic E-state index is 0.00469. The lowest BCUT2D eigenvalue weighted by Gasteiger charge is -2.23. The Morgan fingerprint density at radius 1 is 1.17 bits per heavy atom. The van der Waals surface area contributed by atoms with Gasteiger partial charge in [0.25, 0.3) is 5.91 Å². The Morgan fingerprint density at radius 3 is 2.57 bits per heavy atom. The molecule has 12 nitrogen and oxygen atoms in total. The molecule has 6 N–H and O–H groups in total. The molecule has 3 heterocycles. The maximum Gasteiger partial charge on any atom is 0.255 e. The number of aromatic amines is 1. The van der Waals surface area contributed by atoms with Gasteiger partial charge in [0, 0.05) is 39.9 Å². The van der Waals surface area contributed by atoms with Gasteiger partial charge in [-0.1, -0.05) is 0 Å². The number of rotatable bonds is 9. The molecule has 0 fully saturated rings. The van der Waals surface area contributed by atoms with E-state index in [9.17, 15) is 15.0 Å². The number of carbonyl (C=O) groups excluding carboxylic acids is 1. The van der Waals surface area contributed by atoms with E-state index in [4.69, 9.17) is 29.7 Å². The first-order valence-corrected chi connectivity index (χ1v) is 13.5. The number of nitrogens with one attached hydrogen (secondary N) is 3. The molecule has 0 unspecified atom stereocenters. The fourth-order valence-corrected chi connectivity index (χ4v) is 5.20. The van der Waals surface area contributed by atoms with Crippen LogP contribution in [0.2, 0.25) is 0 Å². The summed E-state index contributed by atoms with van der Waals surface area (Å²) in [5.41, 5.74) is 3.85. The predicted octanol–water partition coefficient (Wildman–Crippen LogP) is 3.67. The van der Waals surface area contributed by atoms with Crippen molar-refractivity contribution in [2.45, 2.75) is 33.3 Å². The SMILES string of the molecule is COc1cc2c(cc1/C(C(C)=N)=C(\C)O)[nH]c1nc(C)nc(-c3ccc(C(=O)NCC[C@H](O)CO)c4c3OCCO4)c12. The summed E-state index contributed by atoms with van der Waals surface area (Å²) in [5, 5.41) is 41.4. The van der Waals surface area contributed by atoms with Crippen molar-refractivity contribution in [1.29, 1.82) is 5.41 Å². The molecule has 1 aliphatic rings. The van der Waals surface area contributed by atoms with Gasteiger partial charge in [-0.25, -0.2) is 9.97 Å². The Hall–Kier alpha value is -4.68. The van der Waals surface area contributed by atoms with Crippen LogP contribution < -0.4 is 19.5 Å². The largest absolute Gasteiger partial charge is 0.512 e. The molecule has 1 amide bonds. The minimum Gasteiger partial charge on any atom is -0.512 e. The Balaban J connectivity index is 1.68. The molecule has 0 saturated carbocycles. The smallest absolute Gasteiger partial charge is 0.255 e. The Bertz CT molecular complexity index is 1740. The number of amides is 1.